The fourth-order valence-electron chi connectivity index (χ4n) is 3.45. The van der Waals surface area contributed by atoms with E-state index in [0.29, 0.717) is 19.5 Å². The average molecular weight is 359 g/mol. The molecule has 2 N–H and O–H groups in total. The molecule has 1 aliphatic rings. The maximum atomic E-state index is 12.7. The van der Waals surface area contributed by atoms with E-state index in [-0.39, 0.29) is 18.3 Å². The molecule has 1 amide bonds. The Labute approximate surface area is 156 Å². The number of carbonyl (C=O) groups excluding carboxylic acids is 1. The van der Waals surface area contributed by atoms with Crippen molar-refractivity contribution >= 4 is 18.3 Å². The number of rotatable bonds is 7. The van der Waals surface area contributed by atoms with Crippen LogP contribution in [0.3, 0.4) is 0 Å². The van der Waals surface area contributed by atoms with Crippen molar-refractivity contribution in [1.82, 2.24) is 4.90 Å². The summed E-state index contributed by atoms with van der Waals surface area (Å²) in [7, 11) is 0. The Balaban J connectivity index is 0.00000225. The molecule has 1 aliphatic carbocycles. The van der Waals surface area contributed by atoms with Gasteiger partial charge in [0.25, 0.3) is 0 Å². The predicted molar refractivity (Wildman–Crippen MR) is 105 cm³/mol. The Morgan fingerprint density at radius 3 is 2.48 bits per heavy atom. The highest BCUT2D eigenvalue weighted by Gasteiger charge is 2.16. The van der Waals surface area contributed by atoms with Crippen LogP contribution in [0.25, 0.3) is 0 Å². The van der Waals surface area contributed by atoms with E-state index < -0.39 is 0 Å². The van der Waals surface area contributed by atoms with Gasteiger partial charge in [0.15, 0.2) is 0 Å². The number of halogens is 1. The minimum Gasteiger partial charge on any atom is -0.341 e. The molecule has 0 saturated carbocycles. The molecule has 25 heavy (non-hydrogen) atoms. The zero-order valence-electron chi connectivity index (χ0n) is 14.6. The monoisotopic (exact) mass is 358 g/mol. The third kappa shape index (κ3) is 5.32. The van der Waals surface area contributed by atoms with Crippen molar-refractivity contribution in [2.75, 3.05) is 19.6 Å². The van der Waals surface area contributed by atoms with E-state index in [9.17, 15) is 4.79 Å². The summed E-state index contributed by atoms with van der Waals surface area (Å²) >= 11 is 0. The lowest BCUT2D eigenvalue weighted by atomic mass is 10.0. The van der Waals surface area contributed by atoms with Gasteiger partial charge < -0.3 is 10.6 Å². The second-order valence-corrected chi connectivity index (χ2v) is 6.54. The number of fused-ring (bicyclic) bond motifs is 1. The molecule has 0 heterocycles. The van der Waals surface area contributed by atoms with E-state index >= 15 is 0 Å². The summed E-state index contributed by atoms with van der Waals surface area (Å²) in [4.78, 5) is 14.6. The number of nitrogens with two attached hydrogens (primary N) is 1. The molecule has 0 spiro atoms. The van der Waals surface area contributed by atoms with Crippen LogP contribution in [0.5, 0.6) is 0 Å². The van der Waals surface area contributed by atoms with Gasteiger partial charge in [0.2, 0.25) is 5.91 Å². The van der Waals surface area contributed by atoms with Crippen LogP contribution in [0.2, 0.25) is 0 Å². The van der Waals surface area contributed by atoms with E-state index in [1.165, 1.54) is 29.5 Å². The molecule has 0 radical (unpaired) electrons. The first-order valence-corrected chi connectivity index (χ1v) is 8.88. The Hall–Kier alpha value is -1.84. The molecule has 2 aromatic rings. The molecule has 3 nitrogen and oxygen atoms in total. The zero-order valence-corrected chi connectivity index (χ0v) is 15.4. The van der Waals surface area contributed by atoms with Crippen molar-refractivity contribution < 1.29 is 4.79 Å². The average Bonchev–Trinajstić information content (AvgIpc) is 3.07. The topological polar surface area (TPSA) is 46.3 Å². The Bertz CT molecular complexity index is 688. The maximum Gasteiger partial charge on any atom is 0.227 e. The second kappa shape index (κ2) is 9.59. The Kier molecular flexibility index (Phi) is 7.48. The molecule has 0 aliphatic heterocycles. The number of benzene rings is 2. The van der Waals surface area contributed by atoms with Crippen LogP contribution in [-0.4, -0.2) is 30.4 Å². The third-order valence-corrected chi connectivity index (χ3v) is 4.78. The molecule has 4 heteroatoms. The summed E-state index contributed by atoms with van der Waals surface area (Å²) in [5.41, 5.74) is 11.0. The Morgan fingerprint density at radius 2 is 1.72 bits per heavy atom. The van der Waals surface area contributed by atoms with Crippen molar-refractivity contribution in [3.8, 4) is 0 Å². The fourth-order valence-corrected chi connectivity index (χ4v) is 3.45. The van der Waals surface area contributed by atoms with Gasteiger partial charge in [-0.15, -0.1) is 12.4 Å². The first kappa shape index (κ1) is 19.5. The second-order valence-electron chi connectivity index (χ2n) is 6.54. The first-order chi connectivity index (χ1) is 11.8. The number of nitrogens with zero attached hydrogens (tertiary/aromatic N) is 1. The summed E-state index contributed by atoms with van der Waals surface area (Å²) in [5.74, 6) is 0.175. The van der Waals surface area contributed by atoms with E-state index in [4.69, 9.17) is 5.73 Å². The maximum absolute atomic E-state index is 12.7. The highest BCUT2D eigenvalue weighted by Crippen LogP contribution is 2.23. The smallest absolute Gasteiger partial charge is 0.227 e. The quantitative estimate of drug-likeness (QED) is 0.826. The summed E-state index contributed by atoms with van der Waals surface area (Å²) in [6.45, 7) is 1.85. The lowest BCUT2D eigenvalue weighted by molar-refractivity contribution is -0.130. The largest absolute Gasteiger partial charge is 0.341 e. The lowest BCUT2D eigenvalue weighted by Crippen LogP contribution is -2.37. The highest BCUT2D eigenvalue weighted by atomic mass is 35.5. The normalized spacial score (nSPS) is 12.4. The summed E-state index contributed by atoms with van der Waals surface area (Å²) < 4.78 is 0. The van der Waals surface area contributed by atoms with Gasteiger partial charge in [-0.2, -0.15) is 0 Å². The molecular formula is C21H27ClN2O. The van der Waals surface area contributed by atoms with Crippen molar-refractivity contribution in [2.24, 2.45) is 5.73 Å². The molecule has 0 bridgehead atoms. The summed E-state index contributed by atoms with van der Waals surface area (Å²) in [5, 5.41) is 0. The first-order valence-electron chi connectivity index (χ1n) is 8.88. The molecule has 0 aromatic heterocycles. The van der Waals surface area contributed by atoms with Crippen LogP contribution in [0.1, 0.15) is 28.7 Å². The lowest BCUT2D eigenvalue weighted by Gasteiger charge is -2.22. The predicted octanol–water partition coefficient (Wildman–Crippen LogP) is 3.17. The van der Waals surface area contributed by atoms with Gasteiger partial charge in [-0.05, 0) is 47.9 Å². The molecule has 0 unspecified atom stereocenters. The number of aryl methyl sites for hydroxylation is 2. The van der Waals surface area contributed by atoms with Crippen molar-refractivity contribution in [3.63, 3.8) is 0 Å². The van der Waals surface area contributed by atoms with Gasteiger partial charge in [-0.3, -0.25) is 4.79 Å². The minimum atomic E-state index is 0. The number of amides is 1. The Morgan fingerprint density at radius 1 is 0.960 bits per heavy atom. The van der Waals surface area contributed by atoms with E-state index in [1.807, 2.05) is 23.1 Å². The summed E-state index contributed by atoms with van der Waals surface area (Å²) in [6.07, 6.45) is 4.92. The molecule has 0 fully saturated rings. The fraction of sp³-hybridized carbons (Fsp3) is 0.381. The van der Waals surface area contributed by atoms with Crippen LogP contribution in [0, 0.1) is 0 Å². The van der Waals surface area contributed by atoms with Gasteiger partial charge in [0.1, 0.15) is 0 Å². The van der Waals surface area contributed by atoms with E-state index in [0.717, 1.165) is 24.9 Å². The number of hydrogen-bond acceptors (Lipinski definition) is 2. The number of carbonyl (C=O) groups is 1. The van der Waals surface area contributed by atoms with Gasteiger partial charge in [-0.1, -0.05) is 48.5 Å². The van der Waals surface area contributed by atoms with Gasteiger partial charge >= 0.3 is 0 Å². The van der Waals surface area contributed by atoms with Crippen molar-refractivity contribution in [1.29, 1.82) is 0 Å². The van der Waals surface area contributed by atoms with E-state index in [1.54, 1.807) is 0 Å². The third-order valence-electron chi connectivity index (χ3n) is 4.78. The van der Waals surface area contributed by atoms with Gasteiger partial charge in [0, 0.05) is 19.6 Å². The SMILES string of the molecule is Cl.NCCN(CCc1ccccc1)C(=O)Cc1ccc2c(c1)CCC2. The molecular weight excluding hydrogens is 332 g/mol. The van der Waals surface area contributed by atoms with Crippen LogP contribution < -0.4 is 5.73 Å². The van der Waals surface area contributed by atoms with Crippen LogP contribution in [0.4, 0.5) is 0 Å². The number of hydrogen-bond donors (Lipinski definition) is 1. The standard InChI is InChI=1S/C21H26N2O.ClH/c22-12-14-23(13-11-17-5-2-1-3-6-17)21(24)16-18-9-10-19-7-4-8-20(19)15-18;/h1-3,5-6,9-10,15H,4,7-8,11-14,16,22H2;1H. The molecule has 3 rings (SSSR count). The summed E-state index contributed by atoms with van der Waals surface area (Å²) in [6, 6.07) is 16.8. The van der Waals surface area contributed by atoms with Gasteiger partial charge in [0.05, 0.1) is 6.42 Å². The molecule has 0 atom stereocenters. The van der Waals surface area contributed by atoms with Crippen molar-refractivity contribution in [3.05, 3.63) is 70.8 Å². The molecule has 0 saturated heterocycles. The van der Waals surface area contributed by atoms with Crippen LogP contribution in [-0.2, 0) is 30.5 Å². The zero-order chi connectivity index (χ0) is 16.8. The van der Waals surface area contributed by atoms with E-state index in [2.05, 4.69) is 30.3 Å². The highest BCUT2D eigenvalue weighted by molar-refractivity contribution is 5.85. The van der Waals surface area contributed by atoms with Crippen LogP contribution >= 0.6 is 12.4 Å². The minimum absolute atomic E-state index is 0. The molecule has 2 aromatic carbocycles. The van der Waals surface area contributed by atoms with Crippen LogP contribution in [0.15, 0.2) is 48.5 Å². The van der Waals surface area contributed by atoms with Gasteiger partial charge in [-0.25, -0.2) is 0 Å². The van der Waals surface area contributed by atoms with Crippen molar-refractivity contribution in [2.45, 2.75) is 32.1 Å². The molecule has 134 valence electrons.